The lowest BCUT2D eigenvalue weighted by Gasteiger charge is -2.05. The van der Waals surface area contributed by atoms with Gasteiger partial charge in [0.25, 0.3) is 0 Å². The molecule has 1 N–H and O–H groups in total. The highest BCUT2D eigenvalue weighted by Gasteiger charge is 2.07. The number of nitrogens with one attached hydrogen (secondary N) is 1. The molecule has 112 valence electrons. The summed E-state index contributed by atoms with van der Waals surface area (Å²) in [5.41, 5.74) is 4.36. The normalized spacial score (nSPS) is 10.7. The van der Waals surface area contributed by atoms with E-state index in [1.54, 1.807) is 0 Å². The number of aryl methyl sites for hydroxylation is 3. The molecule has 0 saturated carbocycles. The summed E-state index contributed by atoms with van der Waals surface area (Å²) in [6.07, 6.45) is 2.08. The number of rotatable bonds is 5. The van der Waals surface area contributed by atoms with Crippen LogP contribution in [0.25, 0.3) is 0 Å². The fraction of sp³-hybridized carbons (Fsp3) is 0.571. The summed E-state index contributed by atoms with van der Waals surface area (Å²) >= 11 is 0. The van der Waals surface area contributed by atoms with Gasteiger partial charge in [-0.05, 0) is 25.8 Å². The third-order valence-electron chi connectivity index (χ3n) is 3.06. The highest BCUT2D eigenvalue weighted by atomic mass is 35.5. The molecule has 0 saturated heterocycles. The number of hydrogen-bond acceptors (Lipinski definition) is 3. The van der Waals surface area contributed by atoms with E-state index < -0.39 is 0 Å². The molecule has 0 spiro atoms. The van der Waals surface area contributed by atoms with Gasteiger partial charge >= 0.3 is 0 Å². The summed E-state index contributed by atoms with van der Waals surface area (Å²) in [4.78, 5) is 0. The third kappa shape index (κ3) is 4.00. The standard InChI is InChI=1S/C14H23N5.ClH/c1-10(2)8-19-9-14(12(4)17-19)15-7-13-6-11(3)16-18(13)5;/h6,9-10,15H,7-8H2,1-5H3;1H. The lowest BCUT2D eigenvalue weighted by atomic mass is 10.2. The van der Waals surface area contributed by atoms with Crippen molar-refractivity contribution in [1.29, 1.82) is 0 Å². The number of anilines is 1. The molecule has 5 nitrogen and oxygen atoms in total. The minimum absolute atomic E-state index is 0. The van der Waals surface area contributed by atoms with Crippen LogP contribution in [0.15, 0.2) is 12.3 Å². The van der Waals surface area contributed by atoms with Crippen LogP contribution in [0.2, 0.25) is 0 Å². The molecule has 0 fully saturated rings. The molecule has 2 rings (SSSR count). The second kappa shape index (κ2) is 6.79. The first-order valence-electron chi connectivity index (χ1n) is 6.73. The Morgan fingerprint density at radius 3 is 2.50 bits per heavy atom. The van der Waals surface area contributed by atoms with Crippen molar-refractivity contribution in [2.45, 2.75) is 40.8 Å². The Labute approximate surface area is 126 Å². The fourth-order valence-corrected chi connectivity index (χ4v) is 2.17. The Balaban J connectivity index is 0.00000200. The topological polar surface area (TPSA) is 47.7 Å². The van der Waals surface area contributed by atoms with Crippen molar-refractivity contribution >= 4 is 18.1 Å². The number of halogens is 1. The van der Waals surface area contributed by atoms with Crippen molar-refractivity contribution in [1.82, 2.24) is 19.6 Å². The Kier molecular flexibility index (Phi) is 5.62. The fourth-order valence-electron chi connectivity index (χ4n) is 2.17. The van der Waals surface area contributed by atoms with Crippen LogP contribution in [0, 0.1) is 19.8 Å². The van der Waals surface area contributed by atoms with Crippen LogP contribution in [-0.2, 0) is 20.1 Å². The number of hydrogen-bond donors (Lipinski definition) is 1. The summed E-state index contributed by atoms with van der Waals surface area (Å²) in [6.45, 7) is 10.2. The maximum atomic E-state index is 4.52. The van der Waals surface area contributed by atoms with Crippen LogP contribution < -0.4 is 5.32 Å². The molecule has 0 aliphatic heterocycles. The average molecular weight is 298 g/mol. The van der Waals surface area contributed by atoms with Crippen molar-refractivity contribution in [2.24, 2.45) is 13.0 Å². The predicted molar refractivity (Wildman–Crippen MR) is 84.3 cm³/mol. The van der Waals surface area contributed by atoms with E-state index in [2.05, 4.69) is 41.6 Å². The lowest BCUT2D eigenvalue weighted by Crippen LogP contribution is -2.06. The van der Waals surface area contributed by atoms with Gasteiger partial charge in [0.1, 0.15) is 0 Å². The second-order valence-corrected chi connectivity index (χ2v) is 5.50. The van der Waals surface area contributed by atoms with Crippen molar-refractivity contribution in [3.63, 3.8) is 0 Å². The minimum atomic E-state index is 0. The van der Waals surface area contributed by atoms with Crippen LogP contribution >= 0.6 is 12.4 Å². The molecule has 6 heteroatoms. The molecule has 0 radical (unpaired) electrons. The van der Waals surface area contributed by atoms with Gasteiger partial charge in [-0.3, -0.25) is 9.36 Å². The first-order chi connectivity index (χ1) is 8.95. The molecule has 0 bridgehead atoms. The van der Waals surface area contributed by atoms with Gasteiger partial charge in [0, 0.05) is 19.8 Å². The Hall–Kier alpha value is -1.49. The second-order valence-electron chi connectivity index (χ2n) is 5.50. The highest BCUT2D eigenvalue weighted by Crippen LogP contribution is 2.15. The molecular weight excluding hydrogens is 274 g/mol. The van der Waals surface area contributed by atoms with Gasteiger partial charge in [0.15, 0.2) is 0 Å². The van der Waals surface area contributed by atoms with Gasteiger partial charge in [-0.15, -0.1) is 12.4 Å². The van der Waals surface area contributed by atoms with E-state index in [0.717, 1.165) is 30.2 Å². The van der Waals surface area contributed by atoms with E-state index >= 15 is 0 Å². The molecule has 2 aromatic heterocycles. The minimum Gasteiger partial charge on any atom is -0.377 e. The largest absolute Gasteiger partial charge is 0.377 e. The van der Waals surface area contributed by atoms with Gasteiger partial charge in [-0.1, -0.05) is 13.8 Å². The summed E-state index contributed by atoms with van der Waals surface area (Å²) in [6, 6.07) is 2.10. The maximum absolute atomic E-state index is 4.52. The molecule has 0 amide bonds. The highest BCUT2D eigenvalue weighted by molar-refractivity contribution is 5.85. The van der Waals surface area contributed by atoms with Crippen LogP contribution in [0.1, 0.15) is 30.9 Å². The van der Waals surface area contributed by atoms with Crippen molar-refractivity contribution in [3.8, 4) is 0 Å². The Morgan fingerprint density at radius 1 is 1.25 bits per heavy atom. The van der Waals surface area contributed by atoms with Crippen LogP contribution in [0.5, 0.6) is 0 Å². The quantitative estimate of drug-likeness (QED) is 0.923. The first kappa shape index (κ1) is 16.6. The molecular formula is C14H24ClN5. The van der Waals surface area contributed by atoms with Crippen LogP contribution in [-0.4, -0.2) is 19.6 Å². The van der Waals surface area contributed by atoms with E-state index in [9.17, 15) is 0 Å². The Bertz CT molecular complexity index is 556. The monoisotopic (exact) mass is 297 g/mol. The van der Waals surface area contributed by atoms with Crippen LogP contribution in [0.4, 0.5) is 5.69 Å². The van der Waals surface area contributed by atoms with E-state index in [-0.39, 0.29) is 12.4 Å². The van der Waals surface area contributed by atoms with Gasteiger partial charge in [0.05, 0.1) is 29.3 Å². The molecule has 2 heterocycles. The molecule has 0 atom stereocenters. The van der Waals surface area contributed by atoms with E-state index in [1.807, 2.05) is 30.3 Å². The maximum Gasteiger partial charge on any atom is 0.0825 e. The molecule has 0 unspecified atom stereocenters. The van der Waals surface area contributed by atoms with Crippen molar-refractivity contribution in [3.05, 3.63) is 29.3 Å². The summed E-state index contributed by atoms with van der Waals surface area (Å²) < 4.78 is 3.92. The SMILES string of the molecule is Cc1cc(CNc2cn(CC(C)C)nc2C)n(C)n1.Cl. The summed E-state index contributed by atoms with van der Waals surface area (Å²) in [5.74, 6) is 0.604. The van der Waals surface area contributed by atoms with Crippen molar-refractivity contribution in [2.75, 3.05) is 5.32 Å². The number of aromatic nitrogens is 4. The Morgan fingerprint density at radius 2 is 1.95 bits per heavy atom. The third-order valence-corrected chi connectivity index (χ3v) is 3.06. The summed E-state index contributed by atoms with van der Waals surface area (Å²) in [7, 11) is 1.97. The van der Waals surface area contributed by atoms with Gasteiger partial charge in [-0.2, -0.15) is 10.2 Å². The predicted octanol–water partition coefficient (Wildman–Crippen LogP) is 2.92. The first-order valence-corrected chi connectivity index (χ1v) is 6.73. The molecule has 0 aromatic carbocycles. The zero-order valence-corrected chi connectivity index (χ0v) is 13.7. The van der Waals surface area contributed by atoms with Gasteiger partial charge in [0.2, 0.25) is 0 Å². The summed E-state index contributed by atoms with van der Waals surface area (Å²) in [5, 5.41) is 12.3. The lowest BCUT2D eigenvalue weighted by molar-refractivity contribution is 0.481. The van der Waals surface area contributed by atoms with Gasteiger partial charge < -0.3 is 5.32 Å². The molecule has 0 aliphatic rings. The molecule has 20 heavy (non-hydrogen) atoms. The van der Waals surface area contributed by atoms with Crippen LogP contribution in [0.3, 0.4) is 0 Å². The van der Waals surface area contributed by atoms with Crippen molar-refractivity contribution < 1.29 is 0 Å². The smallest absolute Gasteiger partial charge is 0.0825 e. The zero-order valence-electron chi connectivity index (χ0n) is 12.8. The van der Waals surface area contributed by atoms with Gasteiger partial charge in [-0.25, -0.2) is 0 Å². The zero-order chi connectivity index (χ0) is 14.0. The van der Waals surface area contributed by atoms with E-state index in [1.165, 1.54) is 5.69 Å². The van der Waals surface area contributed by atoms with E-state index in [0.29, 0.717) is 5.92 Å². The average Bonchev–Trinajstić information content (AvgIpc) is 2.78. The number of nitrogens with zero attached hydrogens (tertiary/aromatic N) is 4. The molecule has 2 aromatic rings. The van der Waals surface area contributed by atoms with E-state index in [4.69, 9.17) is 0 Å². The molecule has 0 aliphatic carbocycles.